The summed E-state index contributed by atoms with van der Waals surface area (Å²) in [5.74, 6) is 0. The fourth-order valence-corrected chi connectivity index (χ4v) is 4.37. The van der Waals surface area contributed by atoms with Gasteiger partial charge in [-0.05, 0) is 31.0 Å². The van der Waals surface area contributed by atoms with Gasteiger partial charge in [-0.15, -0.1) is 0 Å². The maximum absolute atomic E-state index is 9.90. The van der Waals surface area contributed by atoms with E-state index in [-0.39, 0.29) is 6.10 Å². The van der Waals surface area contributed by atoms with Crippen LogP contribution in [0.25, 0.3) is 0 Å². The molecule has 1 aromatic rings. The molecule has 0 radical (unpaired) electrons. The normalized spacial score (nSPS) is 32.1. The van der Waals surface area contributed by atoms with E-state index in [9.17, 15) is 5.11 Å². The molecule has 4 rings (SSSR count). The highest BCUT2D eigenvalue weighted by atomic mass is 16.5. The van der Waals surface area contributed by atoms with Crippen molar-refractivity contribution in [1.29, 1.82) is 0 Å². The van der Waals surface area contributed by atoms with E-state index in [1.54, 1.807) is 0 Å². The van der Waals surface area contributed by atoms with E-state index in [4.69, 9.17) is 4.74 Å². The fraction of sp³-hybridized carbons (Fsp3) is 0.684. The topological polar surface area (TPSA) is 39.2 Å². The van der Waals surface area contributed by atoms with E-state index in [0.717, 1.165) is 58.9 Å². The molecule has 0 bridgehead atoms. The van der Waals surface area contributed by atoms with Crippen LogP contribution in [0.3, 0.4) is 0 Å². The minimum absolute atomic E-state index is 0.130. The summed E-state index contributed by atoms with van der Waals surface area (Å²) in [6.07, 6.45) is 0.800. The van der Waals surface area contributed by atoms with Crippen molar-refractivity contribution in [3.8, 4) is 0 Å². The smallest absolute Gasteiger partial charge is 0.0682 e. The molecule has 0 saturated carbocycles. The van der Waals surface area contributed by atoms with Gasteiger partial charge in [-0.2, -0.15) is 0 Å². The molecule has 3 aliphatic heterocycles. The SMILES string of the molecule is C[C@@H]1CN2C[C@H](O)C[C@H]2CN1Cc1ccc(N2CCOCC2)cc1. The monoisotopic (exact) mass is 331 g/mol. The molecule has 1 N–H and O–H groups in total. The number of benzene rings is 1. The van der Waals surface area contributed by atoms with Gasteiger partial charge in [0.15, 0.2) is 0 Å². The predicted octanol–water partition coefficient (Wildman–Crippen LogP) is 1.16. The lowest BCUT2D eigenvalue weighted by molar-refractivity contribution is 0.0528. The molecule has 1 aromatic carbocycles. The van der Waals surface area contributed by atoms with Crippen molar-refractivity contribution in [2.24, 2.45) is 0 Å². The zero-order chi connectivity index (χ0) is 16.5. The second kappa shape index (κ2) is 7.00. The molecule has 3 saturated heterocycles. The van der Waals surface area contributed by atoms with Crippen LogP contribution in [0.1, 0.15) is 18.9 Å². The molecule has 24 heavy (non-hydrogen) atoms. The maximum atomic E-state index is 9.90. The van der Waals surface area contributed by atoms with Gasteiger partial charge in [0.05, 0.1) is 19.3 Å². The molecule has 3 atom stereocenters. The second-order valence-electron chi connectivity index (χ2n) is 7.54. The zero-order valence-electron chi connectivity index (χ0n) is 14.6. The second-order valence-corrected chi connectivity index (χ2v) is 7.54. The van der Waals surface area contributed by atoms with Gasteiger partial charge in [0, 0.05) is 57.0 Å². The first-order valence-electron chi connectivity index (χ1n) is 9.27. The summed E-state index contributed by atoms with van der Waals surface area (Å²) < 4.78 is 5.43. The van der Waals surface area contributed by atoms with Crippen LogP contribution in [0.5, 0.6) is 0 Å². The van der Waals surface area contributed by atoms with Gasteiger partial charge in [0.2, 0.25) is 0 Å². The van der Waals surface area contributed by atoms with E-state index < -0.39 is 0 Å². The predicted molar refractivity (Wildman–Crippen MR) is 95.3 cm³/mol. The largest absolute Gasteiger partial charge is 0.392 e. The van der Waals surface area contributed by atoms with Crippen LogP contribution in [0.15, 0.2) is 24.3 Å². The van der Waals surface area contributed by atoms with Crippen molar-refractivity contribution in [2.45, 2.75) is 38.1 Å². The van der Waals surface area contributed by atoms with E-state index in [2.05, 4.69) is 45.9 Å². The Balaban J connectivity index is 1.38. The maximum Gasteiger partial charge on any atom is 0.0682 e. The molecule has 132 valence electrons. The summed E-state index contributed by atoms with van der Waals surface area (Å²) in [7, 11) is 0. The van der Waals surface area contributed by atoms with Crippen molar-refractivity contribution >= 4 is 5.69 Å². The molecular weight excluding hydrogens is 302 g/mol. The number of hydrogen-bond donors (Lipinski definition) is 1. The number of nitrogens with zero attached hydrogens (tertiary/aromatic N) is 3. The summed E-state index contributed by atoms with van der Waals surface area (Å²) in [5.41, 5.74) is 2.68. The van der Waals surface area contributed by atoms with E-state index in [0.29, 0.717) is 12.1 Å². The first-order chi connectivity index (χ1) is 11.7. The third-order valence-electron chi connectivity index (χ3n) is 5.77. The lowest BCUT2D eigenvalue weighted by atomic mass is 10.1. The van der Waals surface area contributed by atoms with Gasteiger partial charge in [-0.25, -0.2) is 0 Å². The molecule has 3 heterocycles. The Hall–Kier alpha value is -1.14. The van der Waals surface area contributed by atoms with Gasteiger partial charge in [0.25, 0.3) is 0 Å². The van der Waals surface area contributed by atoms with Gasteiger partial charge in [-0.1, -0.05) is 12.1 Å². The van der Waals surface area contributed by atoms with E-state index in [1.165, 1.54) is 11.3 Å². The van der Waals surface area contributed by atoms with Crippen molar-refractivity contribution in [2.75, 3.05) is 50.8 Å². The van der Waals surface area contributed by atoms with Crippen LogP contribution in [0.2, 0.25) is 0 Å². The van der Waals surface area contributed by atoms with Crippen LogP contribution in [-0.2, 0) is 11.3 Å². The molecule has 0 amide bonds. The van der Waals surface area contributed by atoms with Crippen LogP contribution in [-0.4, -0.2) is 79.0 Å². The Morgan fingerprint density at radius 2 is 1.83 bits per heavy atom. The van der Waals surface area contributed by atoms with Crippen molar-refractivity contribution < 1.29 is 9.84 Å². The van der Waals surface area contributed by atoms with Crippen LogP contribution in [0, 0.1) is 0 Å². The van der Waals surface area contributed by atoms with Crippen LogP contribution < -0.4 is 4.90 Å². The number of aliphatic hydroxyl groups excluding tert-OH is 1. The third-order valence-corrected chi connectivity index (χ3v) is 5.77. The fourth-order valence-electron chi connectivity index (χ4n) is 4.37. The summed E-state index contributed by atoms with van der Waals surface area (Å²) in [6, 6.07) is 10.1. The highest BCUT2D eigenvalue weighted by Gasteiger charge is 2.37. The zero-order valence-corrected chi connectivity index (χ0v) is 14.6. The first-order valence-corrected chi connectivity index (χ1v) is 9.27. The molecule has 3 aliphatic rings. The summed E-state index contributed by atoms with van der Waals surface area (Å²) >= 11 is 0. The lowest BCUT2D eigenvalue weighted by Gasteiger charge is -2.42. The molecule has 3 fully saturated rings. The van der Waals surface area contributed by atoms with Gasteiger partial charge in [0.1, 0.15) is 0 Å². The van der Waals surface area contributed by atoms with Crippen LogP contribution in [0.4, 0.5) is 5.69 Å². The van der Waals surface area contributed by atoms with Crippen LogP contribution >= 0.6 is 0 Å². The Bertz CT molecular complexity index is 544. The summed E-state index contributed by atoms with van der Waals surface area (Å²) in [5, 5.41) is 9.90. The van der Waals surface area contributed by atoms with E-state index in [1.807, 2.05) is 0 Å². The molecule has 0 spiro atoms. The third kappa shape index (κ3) is 3.45. The summed E-state index contributed by atoms with van der Waals surface area (Å²) in [6.45, 7) is 9.96. The van der Waals surface area contributed by atoms with Crippen molar-refractivity contribution in [1.82, 2.24) is 9.80 Å². The standard InChI is InChI=1S/C19H29N3O2/c1-15-11-22-14-19(23)10-18(22)13-21(15)12-16-2-4-17(5-3-16)20-6-8-24-9-7-20/h2-5,15,18-19,23H,6-14H2,1H3/t15-,18+,19-/m1/s1. The number of hydrogen-bond acceptors (Lipinski definition) is 5. The quantitative estimate of drug-likeness (QED) is 0.900. The number of fused-ring (bicyclic) bond motifs is 1. The highest BCUT2D eigenvalue weighted by Crippen LogP contribution is 2.26. The number of ether oxygens (including phenoxy) is 1. The lowest BCUT2D eigenvalue weighted by Crippen LogP contribution is -2.54. The number of rotatable bonds is 3. The number of morpholine rings is 1. The molecule has 0 aliphatic carbocycles. The van der Waals surface area contributed by atoms with Gasteiger partial charge >= 0.3 is 0 Å². The number of anilines is 1. The molecule has 5 nitrogen and oxygen atoms in total. The number of aliphatic hydroxyl groups is 1. The Labute approximate surface area is 144 Å². The van der Waals surface area contributed by atoms with Gasteiger partial charge < -0.3 is 14.7 Å². The average Bonchev–Trinajstić information content (AvgIpc) is 2.95. The minimum atomic E-state index is -0.130. The number of piperazine rings is 1. The summed E-state index contributed by atoms with van der Waals surface area (Å²) in [4.78, 5) is 7.44. The van der Waals surface area contributed by atoms with Crippen molar-refractivity contribution in [3.05, 3.63) is 29.8 Å². The average molecular weight is 331 g/mol. The molecule has 0 unspecified atom stereocenters. The highest BCUT2D eigenvalue weighted by molar-refractivity contribution is 5.47. The Kier molecular flexibility index (Phi) is 4.77. The molecule has 0 aromatic heterocycles. The minimum Gasteiger partial charge on any atom is -0.392 e. The first kappa shape index (κ1) is 16.3. The Morgan fingerprint density at radius 3 is 2.58 bits per heavy atom. The van der Waals surface area contributed by atoms with Gasteiger partial charge in [-0.3, -0.25) is 9.80 Å². The molecular formula is C19H29N3O2. The molecule has 5 heteroatoms. The van der Waals surface area contributed by atoms with E-state index >= 15 is 0 Å². The van der Waals surface area contributed by atoms with Crippen molar-refractivity contribution in [3.63, 3.8) is 0 Å². The Morgan fingerprint density at radius 1 is 1.08 bits per heavy atom.